The summed E-state index contributed by atoms with van der Waals surface area (Å²) in [7, 11) is -5.02. The number of rotatable bonds is 9. The fraction of sp³-hybridized carbons (Fsp3) is 0.222. The van der Waals surface area contributed by atoms with Crippen molar-refractivity contribution in [1.29, 1.82) is 0 Å². The van der Waals surface area contributed by atoms with Crippen molar-refractivity contribution in [2.75, 3.05) is 27.5 Å². The lowest BCUT2D eigenvalue weighted by Gasteiger charge is -2.14. The van der Waals surface area contributed by atoms with Crippen molar-refractivity contribution in [2.45, 2.75) is 16.4 Å². The van der Waals surface area contributed by atoms with Gasteiger partial charge in [-0.2, -0.15) is 13.2 Å². The molecule has 0 bridgehead atoms. The fourth-order valence-electron chi connectivity index (χ4n) is 4.40. The smallest absolute Gasteiger partial charge is 0.326 e. The SMILES string of the molecule is O=C(CS(=O)(=O)CC(F)(F)F)Nc1c(F)ccc(NC(=O)c2cc(NC(=O)C3[C@H](c4ccc(Cl)c(Cl)c4)C3(Cl)Cl)ccc2Cl)c1F. The topological polar surface area (TPSA) is 121 Å². The van der Waals surface area contributed by atoms with Gasteiger partial charge in [-0.1, -0.05) is 40.9 Å². The highest BCUT2D eigenvalue weighted by Gasteiger charge is 2.67. The Morgan fingerprint density at radius 1 is 0.848 bits per heavy atom. The van der Waals surface area contributed by atoms with Gasteiger partial charge in [0, 0.05) is 11.6 Å². The van der Waals surface area contributed by atoms with Gasteiger partial charge >= 0.3 is 6.18 Å². The van der Waals surface area contributed by atoms with Gasteiger partial charge in [0.2, 0.25) is 11.8 Å². The molecule has 0 aromatic heterocycles. The van der Waals surface area contributed by atoms with Crippen LogP contribution in [0.2, 0.25) is 15.1 Å². The molecule has 1 saturated carbocycles. The van der Waals surface area contributed by atoms with E-state index in [9.17, 15) is 40.4 Å². The third-order valence-electron chi connectivity index (χ3n) is 6.46. The van der Waals surface area contributed by atoms with Crippen molar-refractivity contribution in [1.82, 2.24) is 0 Å². The number of sulfone groups is 1. The first-order valence-electron chi connectivity index (χ1n) is 12.5. The molecule has 3 N–H and O–H groups in total. The van der Waals surface area contributed by atoms with Gasteiger partial charge in [-0.25, -0.2) is 17.2 Å². The van der Waals surface area contributed by atoms with Crippen molar-refractivity contribution in [2.24, 2.45) is 5.92 Å². The molecular weight excluding hydrogens is 751 g/mol. The summed E-state index contributed by atoms with van der Waals surface area (Å²) >= 11 is 30.9. The zero-order chi connectivity index (χ0) is 34.4. The first-order valence-corrected chi connectivity index (χ1v) is 16.2. The van der Waals surface area contributed by atoms with E-state index in [4.69, 9.17) is 58.0 Å². The van der Waals surface area contributed by atoms with Crippen molar-refractivity contribution >= 4 is 103 Å². The van der Waals surface area contributed by atoms with E-state index in [-0.39, 0.29) is 26.3 Å². The van der Waals surface area contributed by atoms with Gasteiger partial charge in [-0.05, 0) is 48.0 Å². The molecule has 4 rings (SSSR count). The van der Waals surface area contributed by atoms with Gasteiger partial charge in [0.1, 0.15) is 27.3 Å². The van der Waals surface area contributed by atoms with Crippen LogP contribution in [0, 0.1) is 17.6 Å². The molecule has 3 amide bonds. The van der Waals surface area contributed by atoms with Crippen LogP contribution in [0.15, 0.2) is 48.5 Å². The average molecular weight is 768 g/mol. The number of hydrogen-bond acceptors (Lipinski definition) is 5. The van der Waals surface area contributed by atoms with Gasteiger partial charge < -0.3 is 16.0 Å². The molecule has 1 aliphatic carbocycles. The summed E-state index contributed by atoms with van der Waals surface area (Å²) in [4.78, 5) is 38.1. The maximum absolute atomic E-state index is 15.1. The van der Waals surface area contributed by atoms with E-state index in [0.717, 1.165) is 12.1 Å². The fourth-order valence-corrected chi connectivity index (χ4v) is 6.81. The highest BCUT2D eigenvalue weighted by Crippen LogP contribution is 2.65. The molecule has 0 spiro atoms. The largest absolute Gasteiger partial charge is 0.402 e. The summed E-state index contributed by atoms with van der Waals surface area (Å²) in [6.45, 7) is 0. The van der Waals surface area contributed by atoms with E-state index in [1.807, 2.05) is 0 Å². The molecule has 1 aliphatic rings. The molecule has 0 radical (unpaired) electrons. The molecule has 0 aliphatic heterocycles. The summed E-state index contributed by atoms with van der Waals surface area (Å²) < 4.78 is 88.4. The molecule has 1 unspecified atom stereocenters. The van der Waals surface area contributed by atoms with E-state index in [1.165, 1.54) is 24.3 Å². The number of alkyl halides is 5. The van der Waals surface area contributed by atoms with Gasteiger partial charge in [-0.3, -0.25) is 14.4 Å². The standard InChI is InChI=1S/C27H17Cl5F5N3O5S/c28-14-4-2-12(38-25(43)21-20(27(21,31)32)11-1-3-15(29)16(30)7-11)8-13(14)24(42)39-18-6-5-17(33)23(22(18)34)40-19(41)9-46(44,45)10-26(35,36)37/h1-8,20-21H,9-10H2,(H,38,43)(H,39,42)(H,40,41)/t20-,21?/m0/s1. The van der Waals surface area contributed by atoms with Crippen LogP contribution in [0.4, 0.5) is 39.0 Å². The number of hydrogen-bond donors (Lipinski definition) is 3. The minimum absolute atomic E-state index is 0.0519. The lowest BCUT2D eigenvalue weighted by Crippen LogP contribution is -2.31. The molecule has 3 aromatic carbocycles. The first-order chi connectivity index (χ1) is 21.2. The summed E-state index contributed by atoms with van der Waals surface area (Å²) in [6.07, 6.45) is -5.15. The second kappa shape index (κ2) is 13.3. The quantitative estimate of drug-likeness (QED) is 0.153. The van der Waals surface area contributed by atoms with Crippen LogP contribution in [-0.2, 0) is 19.4 Å². The molecule has 0 heterocycles. The third-order valence-corrected chi connectivity index (χ3v) is 9.93. The molecule has 19 heteroatoms. The Hall–Kier alpha value is -2.88. The van der Waals surface area contributed by atoms with Crippen molar-refractivity contribution in [3.05, 3.63) is 86.4 Å². The maximum Gasteiger partial charge on any atom is 0.402 e. The van der Waals surface area contributed by atoms with E-state index in [1.54, 1.807) is 11.4 Å². The number of anilines is 3. The molecule has 246 valence electrons. The van der Waals surface area contributed by atoms with Gasteiger partial charge in [0.25, 0.3) is 5.91 Å². The molecule has 0 saturated heterocycles. The predicted octanol–water partition coefficient (Wildman–Crippen LogP) is 7.62. The Labute approximate surface area is 282 Å². The maximum atomic E-state index is 15.1. The van der Waals surface area contributed by atoms with Crippen molar-refractivity contribution in [3.8, 4) is 0 Å². The number of nitrogens with one attached hydrogen (secondary N) is 3. The van der Waals surface area contributed by atoms with Crippen LogP contribution in [-0.4, -0.2) is 48.2 Å². The zero-order valence-corrected chi connectivity index (χ0v) is 27.0. The number of amides is 3. The van der Waals surface area contributed by atoms with E-state index >= 15 is 4.39 Å². The molecule has 2 atom stereocenters. The highest BCUT2D eigenvalue weighted by molar-refractivity contribution is 7.92. The Morgan fingerprint density at radius 2 is 1.50 bits per heavy atom. The van der Waals surface area contributed by atoms with Gasteiger partial charge in [0.05, 0.1) is 32.2 Å². The van der Waals surface area contributed by atoms with Crippen LogP contribution < -0.4 is 16.0 Å². The number of carbonyl (C=O) groups excluding carboxylic acids is 3. The Bertz CT molecular complexity index is 1860. The van der Waals surface area contributed by atoms with E-state index < -0.39 is 84.4 Å². The highest BCUT2D eigenvalue weighted by atomic mass is 35.5. The van der Waals surface area contributed by atoms with Crippen LogP contribution >= 0.6 is 58.0 Å². The van der Waals surface area contributed by atoms with Crippen LogP contribution in [0.25, 0.3) is 0 Å². The molecule has 8 nitrogen and oxygen atoms in total. The van der Waals surface area contributed by atoms with Crippen molar-refractivity contribution in [3.63, 3.8) is 0 Å². The third kappa shape index (κ3) is 8.33. The number of halogens is 10. The minimum atomic E-state index is -5.15. The lowest BCUT2D eigenvalue weighted by molar-refractivity contribution is -0.117. The first kappa shape index (κ1) is 36.0. The monoisotopic (exact) mass is 765 g/mol. The van der Waals surface area contributed by atoms with Gasteiger partial charge in [-0.15, -0.1) is 23.2 Å². The zero-order valence-electron chi connectivity index (χ0n) is 22.4. The van der Waals surface area contributed by atoms with Crippen LogP contribution in [0.1, 0.15) is 21.8 Å². The predicted molar refractivity (Wildman–Crippen MR) is 165 cm³/mol. The molecule has 1 fully saturated rings. The Morgan fingerprint density at radius 3 is 2.13 bits per heavy atom. The summed E-state index contributed by atoms with van der Waals surface area (Å²) in [5.41, 5.74) is -1.65. The van der Waals surface area contributed by atoms with Gasteiger partial charge in [0.15, 0.2) is 15.7 Å². The average Bonchev–Trinajstić information content (AvgIpc) is 3.50. The van der Waals surface area contributed by atoms with Crippen LogP contribution in [0.5, 0.6) is 0 Å². The Kier molecular flexibility index (Phi) is 10.4. The van der Waals surface area contributed by atoms with Crippen molar-refractivity contribution < 1.29 is 44.8 Å². The molecular formula is C27H17Cl5F5N3O5S. The molecule has 46 heavy (non-hydrogen) atoms. The normalized spacial score (nSPS) is 17.3. The Balaban J connectivity index is 1.48. The summed E-state index contributed by atoms with van der Waals surface area (Å²) in [5, 5.41) is 6.56. The number of benzene rings is 3. The molecule has 3 aromatic rings. The second-order valence-electron chi connectivity index (χ2n) is 9.92. The lowest BCUT2D eigenvalue weighted by atomic mass is 10.1. The van der Waals surface area contributed by atoms with E-state index in [2.05, 4.69) is 10.6 Å². The van der Waals surface area contributed by atoms with E-state index in [0.29, 0.717) is 11.6 Å². The number of carbonyl (C=O) groups is 3. The summed E-state index contributed by atoms with van der Waals surface area (Å²) in [5.74, 6) is -12.0. The minimum Gasteiger partial charge on any atom is -0.326 e. The second-order valence-corrected chi connectivity index (χ2v) is 14.7. The summed E-state index contributed by atoms with van der Waals surface area (Å²) in [6, 6.07) is 9.71. The van der Waals surface area contributed by atoms with Crippen LogP contribution in [0.3, 0.4) is 0 Å².